The van der Waals surface area contributed by atoms with Crippen molar-refractivity contribution in [1.82, 2.24) is 15.5 Å². The largest absolute Gasteiger partial charge is 0.379 e. The molecule has 2 N–H and O–H groups in total. The number of hydrogen-bond acceptors (Lipinski definition) is 3. The van der Waals surface area contributed by atoms with Crippen LogP contribution in [0.1, 0.15) is 31.9 Å². The third-order valence-electron chi connectivity index (χ3n) is 4.35. The fourth-order valence-corrected chi connectivity index (χ4v) is 2.97. The normalized spacial score (nSPS) is 17.4. The molecule has 0 radical (unpaired) electrons. The van der Waals surface area contributed by atoms with E-state index >= 15 is 0 Å². The number of nitrogens with zero attached hydrogens (tertiary/aromatic N) is 2. The Kier molecular flexibility index (Phi) is 9.14. The maximum atomic E-state index is 13.3. The van der Waals surface area contributed by atoms with E-state index in [2.05, 4.69) is 34.6 Å². The molecule has 1 aliphatic rings. The number of nitrogens with one attached hydrogen (secondary N) is 2. The van der Waals surface area contributed by atoms with Gasteiger partial charge in [-0.05, 0) is 38.0 Å². The summed E-state index contributed by atoms with van der Waals surface area (Å²) in [6, 6.07) is 6.87. The molecule has 0 aromatic heterocycles. The molecule has 0 amide bonds. The topological polar surface area (TPSA) is 48.9 Å². The minimum atomic E-state index is -0.211. The van der Waals surface area contributed by atoms with Crippen molar-refractivity contribution < 1.29 is 9.13 Å². The predicted molar refractivity (Wildman–Crippen MR) is 105 cm³/mol. The van der Waals surface area contributed by atoms with Crippen molar-refractivity contribution in [1.29, 1.82) is 0 Å². The number of guanidine groups is 1. The second kappa shape index (κ2) is 11.6. The fourth-order valence-electron chi connectivity index (χ4n) is 2.97. The first-order valence-electron chi connectivity index (χ1n) is 9.45. The smallest absolute Gasteiger partial charge is 0.191 e. The van der Waals surface area contributed by atoms with Crippen LogP contribution in [0, 0.1) is 5.82 Å². The Morgan fingerprint density at radius 1 is 1.27 bits per heavy atom. The molecule has 0 saturated carbocycles. The Hall–Kier alpha value is -1.92. The lowest BCUT2D eigenvalue weighted by Crippen LogP contribution is -2.42. The summed E-state index contributed by atoms with van der Waals surface area (Å²) < 4.78 is 18.8. The lowest BCUT2D eigenvalue weighted by molar-refractivity contribution is 0.0179. The maximum absolute atomic E-state index is 13.3. The zero-order valence-corrected chi connectivity index (χ0v) is 15.9. The van der Waals surface area contributed by atoms with Gasteiger partial charge in [0.1, 0.15) is 5.82 Å². The van der Waals surface area contributed by atoms with Gasteiger partial charge in [-0.1, -0.05) is 24.3 Å². The molecule has 26 heavy (non-hydrogen) atoms. The molecule has 2 rings (SSSR count). The zero-order valence-electron chi connectivity index (χ0n) is 15.9. The summed E-state index contributed by atoms with van der Waals surface area (Å²) in [5, 5.41) is 6.65. The van der Waals surface area contributed by atoms with Gasteiger partial charge >= 0.3 is 0 Å². The maximum Gasteiger partial charge on any atom is 0.191 e. The summed E-state index contributed by atoms with van der Waals surface area (Å²) in [5.41, 5.74) is 1.09. The van der Waals surface area contributed by atoms with E-state index in [0.717, 1.165) is 57.3 Å². The molecule has 5 nitrogen and oxygen atoms in total. The highest BCUT2D eigenvalue weighted by Gasteiger charge is 2.22. The Balaban J connectivity index is 2.08. The summed E-state index contributed by atoms with van der Waals surface area (Å²) in [5.74, 6) is 0.606. The minimum absolute atomic E-state index is 0.116. The van der Waals surface area contributed by atoms with Gasteiger partial charge in [0.15, 0.2) is 5.96 Å². The van der Waals surface area contributed by atoms with E-state index < -0.39 is 0 Å². The van der Waals surface area contributed by atoms with Crippen LogP contribution in [0.15, 0.2) is 41.4 Å². The molecule has 0 bridgehead atoms. The first-order chi connectivity index (χ1) is 12.7. The van der Waals surface area contributed by atoms with Crippen molar-refractivity contribution in [3.8, 4) is 0 Å². The van der Waals surface area contributed by atoms with Gasteiger partial charge < -0.3 is 15.4 Å². The molecular formula is C20H31FN4O. The highest BCUT2D eigenvalue weighted by atomic mass is 19.1. The van der Waals surface area contributed by atoms with Crippen molar-refractivity contribution in [3.05, 3.63) is 47.8 Å². The van der Waals surface area contributed by atoms with E-state index in [0.29, 0.717) is 6.54 Å². The highest BCUT2D eigenvalue weighted by Crippen LogP contribution is 2.22. The second-order valence-corrected chi connectivity index (χ2v) is 6.22. The third kappa shape index (κ3) is 6.77. The standard InChI is InChI=1S/C20H31FN4O/c1-3-5-6-11-23-20(22-4-2)24-16-19(25-12-14-26-15-13-25)17-7-9-18(21)10-8-17/h3,5,7-10,19H,4,6,11-16H2,1-2H3,(H2,22,23,24)/b5-3+. The molecule has 1 aliphatic heterocycles. The van der Waals surface area contributed by atoms with Crippen LogP contribution in [0.2, 0.25) is 0 Å². The van der Waals surface area contributed by atoms with Gasteiger partial charge in [-0.25, -0.2) is 4.39 Å². The first kappa shape index (κ1) is 20.4. The van der Waals surface area contributed by atoms with Crippen molar-refractivity contribution in [2.75, 3.05) is 45.9 Å². The quantitative estimate of drug-likeness (QED) is 0.323. The monoisotopic (exact) mass is 362 g/mol. The lowest BCUT2D eigenvalue weighted by Gasteiger charge is -2.34. The van der Waals surface area contributed by atoms with Crippen LogP contribution >= 0.6 is 0 Å². The van der Waals surface area contributed by atoms with Gasteiger partial charge in [-0.2, -0.15) is 0 Å². The molecule has 0 aliphatic carbocycles. The van der Waals surface area contributed by atoms with Crippen LogP contribution in [0.4, 0.5) is 4.39 Å². The Morgan fingerprint density at radius 3 is 2.65 bits per heavy atom. The van der Waals surface area contributed by atoms with E-state index in [1.165, 1.54) is 12.1 Å². The van der Waals surface area contributed by atoms with Crippen LogP contribution in [-0.2, 0) is 4.74 Å². The molecule has 1 saturated heterocycles. The SMILES string of the molecule is C/C=C/CCNC(=NCC(c1ccc(F)cc1)N1CCOCC1)NCC. The molecule has 1 aromatic rings. The first-order valence-corrected chi connectivity index (χ1v) is 9.45. The average molecular weight is 362 g/mol. The second-order valence-electron chi connectivity index (χ2n) is 6.22. The molecule has 1 aromatic carbocycles. The summed E-state index contributed by atoms with van der Waals surface area (Å²) in [7, 11) is 0. The van der Waals surface area contributed by atoms with Gasteiger partial charge in [0, 0.05) is 26.2 Å². The van der Waals surface area contributed by atoms with Gasteiger partial charge in [0.2, 0.25) is 0 Å². The Bertz CT molecular complexity index is 568. The average Bonchev–Trinajstić information content (AvgIpc) is 2.67. The molecule has 144 valence electrons. The van der Waals surface area contributed by atoms with Crippen molar-refractivity contribution in [2.24, 2.45) is 4.99 Å². The molecule has 1 unspecified atom stereocenters. The number of aliphatic imine (C=N–C) groups is 1. The van der Waals surface area contributed by atoms with Crippen LogP contribution in [0.5, 0.6) is 0 Å². The number of halogens is 1. The van der Waals surface area contributed by atoms with E-state index in [9.17, 15) is 4.39 Å². The summed E-state index contributed by atoms with van der Waals surface area (Å²) in [6.07, 6.45) is 5.14. The summed E-state index contributed by atoms with van der Waals surface area (Å²) >= 11 is 0. The van der Waals surface area contributed by atoms with Gasteiger partial charge in [0.25, 0.3) is 0 Å². The number of morpholine rings is 1. The molecule has 1 atom stereocenters. The molecular weight excluding hydrogens is 331 g/mol. The lowest BCUT2D eigenvalue weighted by atomic mass is 10.0. The molecule has 1 heterocycles. The minimum Gasteiger partial charge on any atom is -0.379 e. The van der Waals surface area contributed by atoms with Crippen molar-refractivity contribution in [3.63, 3.8) is 0 Å². The summed E-state index contributed by atoms with van der Waals surface area (Å²) in [6.45, 7) is 9.53. The predicted octanol–water partition coefficient (Wildman–Crippen LogP) is 2.72. The molecule has 1 fully saturated rings. The van der Waals surface area contributed by atoms with Crippen LogP contribution in [0.3, 0.4) is 0 Å². The molecule has 6 heteroatoms. The zero-order chi connectivity index (χ0) is 18.6. The highest BCUT2D eigenvalue weighted by molar-refractivity contribution is 5.79. The van der Waals surface area contributed by atoms with E-state index in [1.807, 2.05) is 19.1 Å². The number of rotatable bonds is 8. The Labute approximate surface area is 156 Å². The fraction of sp³-hybridized carbons (Fsp3) is 0.550. The van der Waals surface area contributed by atoms with E-state index in [-0.39, 0.29) is 11.9 Å². The van der Waals surface area contributed by atoms with Crippen LogP contribution in [0.25, 0.3) is 0 Å². The van der Waals surface area contributed by atoms with E-state index in [4.69, 9.17) is 9.73 Å². The van der Waals surface area contributed by atoms with Crippen molar-refractivity contribution >= 4 is 5.96 Å². The van der Waals surface area contributed by atoms with Gasteiger partial charge in [-0.15, -0.1) is 0 Å². The number of hydrogen-bond donors (Lipinski definition) is 2. The van der Waals surface area contributed by atoms with Gasteiger partial charge in [0.05, 0.1) is 25.8 Å². The third-order valence-corrected chi connectivity index (χ3v) is 4.35. The number of allylic oxidation sites excluding steroid dienone is 1. The number of benzene rings is 1. The van der Waals surface area contributed by atoms with Crippen LogP contribution < -0.4 is 10.6 Å². The summed E-state index contributed by atoms with van der Waals surface area (Å²) in [4.78, 5) is 7.14. The molecule has 0 spiro atoms. The van der Waals surface area contributed by atoms with Crippen molar-refractivity contribution in [2.45, 2.75) is 26.3 Å². The Morgan fingerprint density at radius 2 is 2.00 bits per heavy atom. The number of ether oxygens (including phenoxy) is 1. The van der Waals surface area contributed by atoms with Crippen LogP contribution in [-0.4, -0.2) is 56.8 Å². The van der Waals surface area contributed by atoms with E-state index in [1.54, 1.807) is 0 Å². The van der Waals surface area contributed by atoms with Gasteiger partial charge in [-0.3, -0.25) is 9.89 Å².